The Hall–Kier alpha value is -1.68. The SMILES string of the molecule is CC(C)C(=O)C(N)CCC(=O)OCc1ccccc1. The molecule has 0 heterocycles. The normalized spacial score (nSPS) is 12.2. The van der Waals surface area contributed by atoms with Crippen LogP contribution in [-0.4, -0.2) is 17.8 Å². The number of nitrogens with two attached hydrogens (primary N) is 1. The van der Waals surface area contributed by atoms with Gasteiger partial charge in [-0.25, -0.2) is 0 Å². The van der Waals surface area contributed by atoms with Crippen molar-refractivity contribution in [2.75, 3.05) is 0 Å². The summed E-state index contributed by atoms with van der Waals surface area (Å²) < 4.78 is 5.11. The number of carbonyl (C=O) groups excluding carboxylic acids is 2. The van der Waals surface area contributed by atoms with Gasteiger partial charge in [-0.05, 0) is 12.0 Å². The molecule has 0 aromatic heterocycles. The number of hydrogen-bond donors (Lipinski definition) is 1. The van der Waals surface area contributed by atoms with Crippen LogP contribution in [0.1, 0.15) is 32.3 Å². The zero-order valence-corrected chi connectivity index (χ0v) is 11.5. The van der Waals surface area contributed by atoms with Gasteiger partial charge in [-0.2, -0.15) is 0 Å². The molecule has 0 spiro atoms. The molecular weight excluding hydrogens is 242 g/mol. The van der Waals surface area contributed by atoms with E-state index in [0.29, 0.717) is 6.42 Å². The van der Waals surface area contributed by atoms with E-state index in [1.807, 2.05) is 30.3 Å². The second-order valence-corrected chi connectivity index (χ2v) is 4.85. The molecule has 0 bridgehead atoms. The molecule has 1 aromatic rings. The van der Waals surface area contributed by atoms with Crippen molar-refractivity contribution < 1.29 is 14.3 Å². The molecule has 104 valence electrons. The molecule has 4 nitrogen and oxygen atoms in total. The second-order valence-electron chi connectivity index (χ2n) is 4.85. The first-order valence-corrected chi connectivity index (χ1v) is 6.49. The van der Waals surface area contributed by atoms with E-state index < -0.39 is 6.04 Å². The molecule has 1 atom stereocenters. The molecule has 19 heavy (non-hydrogen) atoms. The van der Waals surface area contributed by atoms with E-state index >= 15 is 0 Å². The van der Waals surface area contributed by atoms with Crippen molar-refractivity contribution >= 4 is 11.8 Å². The van der Waals surface area contributed by atoms with E-state index in [1.54, 1.807) is 13.8 Å². The minimum atomic E-state index is -0.579. The third-order valence-corrected chi connectivity index (χ3v) is 2.84. The fourth-order valence-electron chi connectivity index (χ4n) is 1.65. The first-order chi connectivity index (χ1) is 9.00. The van der Waals surface area contributed by atoms with Crippen molar-refractivity contribution in [2.45, 2.75) is 39.3 Å². The summed E-state index contributed by atoms with van der Waals surface area (Å²) in [6, 6.07) is 8.88. The van der Waals surface area contributed by atoms with Gasteiger partial charge in [-0.1, -0.05) is 44.2 Å². The summed E-state index contributed by atoms with van der Waals surface area (Å²) in [4.78, 5) is 23.1. The molecule has 0 aliphatic carbocycles. The summed E-state index contributed by atoms with van der Waals surface area (Å²) in [6.07, 6.45) is 0.511. The monoisotopic (exact) mass is 263 g/mol. The van der Waals surface area contributed by atoms with Crippen molar-refractivity contribution in [1.29, 1.82) is 0 Å². The van der Waals surface area contributed by atoms with Crippen LogP contribution in [0.3, 0.4) is 0 Å². The van der Waals surface area contributed by atoms with Crippen LogP contribution in [0.4, 0.5) is 0 Å². The summed E-state index contributed by atoms with van der Waals surface area (Å²) in [5.74, 6) is -0.443. The van der Waals surface area contributed by atoms with Gasteiger partial charge in [-0.15, -0.1) is 0 Å². The highest BCUT2D eigenvalue weighted by molar-refractivity contribution is 5.85. The Kier molecular flexibility index (Phi) is 6.22. The molecule has 1 aromatic carbocycles. The van der Waals surface area contributed by atoms with Crippen molar-refractivity contribution in [3.63, 3.8) is 0 Å². The van der Waals surface area contributed by atoms with Crippen LogP contribution in [0.25, 0.3) is 0 Å². The van der Waals surface area contributed by atoms with Crippen LogP contribution in [0.2, 0.25) is 0 Å². The molecule has 0 saturated heterocycles. The van der Waals surface area contributed by atoms with Crippen molar-refractivity contribution in [3.05, 3.63) is 35.9 Å². The van der Waals surface area contributed by atoms with Crippen LogP contribution >= 0.6 is 0 Å². The van der Waals surface area contributed by atoms with Gasteiger partial charge in [0, 0.05) is 12.3 Å². The average Bonchev–Trinajstić information content (AvgIpc) is 2.42. The lowest BCUT2D eigenvalue weighted by molar-refractivity contribution is -0.145. The van der Waals surface area contributed by atoms with E-state index in [9.17, 15) is 9.59 Å². The van der Waals surface area contributed by atoms with E-state index in [0.717, 1.165) is 5.56 Å². The van der Waals surface area contributed by atoms with Gasteiger partial charge in [0.05, 0.1) is 6.04 Å². The van der Waals surface area contributed by atoms with Gasteiger partial charge in [0.25, 0.3) is 0 Å². The quantitative estimate of drug-likeness (QED) is 0.764. The van der Waals surface area contributed by atoms with Crippen LogP contribution < -0.4 is 5.73 Å². The maximum absolute atomic E-state index is 11.6. The maximum Gasteiger partial charge on any atom is 0.306 e. The molecule has 1 unspecified atom stereocenters. The van der Waals surface area contributed by atoms with E-state index in [1.165, 1.54) is 0 Å². The summed E-state index contributed by atoms with van der Waals surface area (Å²) >= 11 is 0. The third kappa shape index (κ3) is 5.66. The number of ether oxygens (including phenoxy) is 1. The molecule has 0 amide bonds. The molecular formula is C15H21NO3. The lowest BCUT2D eigenvalue weighted by Crippen LogP contribution is -2.34. The lowest BCUT2D eigenvalue weighted by atomic mass is 9.99. The van der Waals surface area contributed by atoms with Gasteiger partial charge in [0.1, 0.15) is 6.61 Å². The number of carbonyl (C=O) groups is 2. The van der Waals surface area contributed by atoms with Crippen LogP contribution in [0.15, 0.2) is 30.3 Å². The number of hydrogen-bond acceptors (Lipinski definition) is 4. The Bertz CT molecular complexity index is 415. The molecule has 0 radical (unpaired) electrons. The minimum absolute atomic E-state index is 0.0177. The van der Waals surface area contributed by atoms with E-state index in [4.69, 9.17) is 10.5 Å². The Balaban J connectivity index is 2.27. The number of esters is 1. The highest BCUT2D eigenvalue weighted by atomic mass is 16.5. The molecule has 2 N–H and O–H groups in total. The van der Waals surface area contributed by atoms with Gasteiger partial charge in [-0.3, -0.25) is 9.59 Å². The van der Waals surface area contributed by atoms with Crippen LogP contribution in [0.5, 0.6) is 0 Å². The van der Waals surface area contributed by atoms with Gasteiger partial charge in [0.2, 0.25) is 0 Å². The number of rotatable bonds is 7. The zero-order chi connectivity index (χ0) is 14.3. The summed E-state index contributed by atoms with van der Waals surface area (Å²) in [6.45, 7) is 3.86. The standard InChI is InChI=1S/C15H21NO3/c1-11(2)15(18)13(16)8-9-14(17)19-10-12-6-4-3-5-7-12/h3-7,11,13H,8-10,16H2,1-2H3. The Morgan fingerprint density at radius 1 is 1.21 bits per heavy atom. The molecule has 4 heteroatoms. The Labute approximate surface area is 113 Å². The highest BCUT2D eigenvalue weighted by Gasteiger charge is 2.18. The first kappa shape index (κ1) is 15.4. The molecule has 0 fully saturated rings. The number of ketones is 1. The third-order valence-electron chi connectivity index (χ3n) is 2.84. The topological polar surface area (TPSA) is 69.4 Å². The summed E-state index contributed by atoms with van der Waals surface area (Å²) in [5.41, 5.74) is 6.66. The molecule has 1 rings (SSSR count). The predicted molar refractivity (Wildman–Crippen MR) is 73.3 cm³/mol. The van der Waals surface area contributed by atoms with Gasteiger partial charge < -0.3 is 10.5 Å². The fraction of sp³-hybridized carbons (Fsp3) is 0.467. The minimum Gasteiger partial charge on any atom is -0.461 e. The smallest absolute Gasteiger partial charge is 0.306 e. The lowest BCUT2D eigenvalue weighted by Gasteiger charge is -2.12. The van der Waals surface area contributed by atoms with Gasteiger partial charge in [0.15, 0.2) is 5.78 Å². The number of benzene rings is 1. The summed E-state index contributed by atoms with van der Waals surface area (Å²) in [5, 5.41) is 0. The fourth-order valence-corrected chi connectivity index (χ4v) is 1.65. The van der Waals surface area contributed by atoms with Gasteiger partial charge >= 0.3 is 5.97 Å². The van der Waals surface area contributed by atoms with Crippen molar-refractivity contribution in [3.8, 4) is 0 Å². The van der Waals surface area contributed by atoms with Crippen LogP contribution in [-0.2, 0) is 20.9 Å². The van der Waals surface area contributed by atoms with Crippen molar-refractivity contribution in [1.82, 2.24) is 0 Å². The number of Topliss-reactive ketones (excluding diaryl/α,β-unsaturated/α-hetero) is 1. The predicted octanol–water partition coefficient (Wildman–Crippen LogP) is 2.06. The Morgan fingerprint density at radius 2 is 1.84 bits per heavy atom. The second kappa shape index (κ2) is 7.69. The average molecular weight is 263 g/mol. The Morgan fingerprint density at radius 3 is 2.42 bits per heavy atom. The molecule has 0 saturated carbocycles. The van der Waals surface area contributed by atoms with Crippen molar-refractivity contribution in [2.24, 2.45) is 11.7 Å². The highest BCUT2D eigenvalue weighted by Crippen LogP contribution is 2.06. The maximum atomic E-state index is 11.6. The van der Waals surface area contributed by atoms with Crippen LogP contribution in [0, 0.1) is 5.92 Å². The summed E-state index contributed by atoms with van der Waals surface area (Å²) in [7, 11) is 0. The zero-order valence-electron chi connectivity index (χ0n) is 11.5. The molecule has 0 aliphatic heterocycles. The largest absolute Gasteiger partial charge is 0.461 e. The van der Waals surface area contributed by atoms with E-state index in [-0.39, 0.29) is 30.7 Å². The molecule has 0 aliphatic rings. The van der Waals surface area contributed by atoms with E-state index in [2.05, 4.69) is 0 Å². The first-order valence-electron chi connectivity index (χ1n) is 6.49.